The molecule has 0 unspecified atom stereocenters. The van der Waals surface area contributed by atoms with Crippen molar-refractivity contribution in [3.63, 3.8) is 0 Å². The number of benzene rings is 1. The summed E-state index contributed by atoms with van der Waals surface area (Å²) < 4.78 is 44.2. The summed E-state index contributed by atoms with van der Waals surface area (Å²) in [5.74, 6) is 1.49. The molecule has 2 rings (SSSR count). The molecule has 0 aliphatic carbocycles. The number of guanidine groups is 1. The van der Waals surface area contributed by atoms with Gasteiger partial charge in [-0.05, 0) is 17.5 Å². The number of nitrogens with one attached hydrogen (secondary N) is 2. The Bertz CT molecular complexity index is 816. The molecule has 29 heavy (non-hydrogen) atoms. The largest absolute Gasteiger partial charge is 0.416 e. The topological polar surface area (TPSA) is 62.5 Å². The molecule has 0 bridgehead atoms. The number of hydrogen-bond donors (Lipinski definition) is 2. The molecule has 1 aromatic heterocycles. The Kier molecular flexibility index (Phi) is 8.98. The van der Waals surface area contributed by atoms with Crippen molar-refractivity contribution in [2.75, 3.05) is 13.6 Å². The second-order valence-corrected chi connectivity index (χ2v) is 7.61. The number of aromatic nitrogens is 1. The van der Waals surface area contributed by atoms with Gasteiger partial charge in [-0.25, -0.2) is 0 Å². The van der Waals surface area contributed by atoms with Gasteiger partial charge in [-0.3, -0.25) is 4.99 Å². The van der Waals surface area contributed by atoms with E-state index in [1.54, 1.807) is 13.1 Å². The minimum absolute atomic E-state index is 0. The highest BCUT2D eigenvalue weighted by molar-refractivity contribution is 14.0. The normalized spacial score (nSPS) is 12.7. The van der Waals surface area contributed by atoms with Gasteiger partial charge in [-0.1, -0.05) is 51.1 Å². The van der Waals surface area contributed by atoms with Gasteiger partial charge in [0.2, 0.25) is 0 Å². The molecule has 0 amide bonds. The van der Waals surface area contributed by atoms with E-state index >= 15 is 0 Å². The molecule has 0 atom stereocenters. The second-order valence-electron chi connectivity index (χ2n) is 7.61. The van der Waals surface area contributed by atoms with Gasteiger partial charge in [0, 0.05) is 25.1 Å². The van der Waals surface area contributed by atoms with Crippen LogP contribution >= 0.6 is 24.0 Å². The van der Waals surface area contributed by atoms with E-state index in [0.717, 1.165) is 11.8 Å². The van der Waals surface area contributed by atoms with Gasteiger partial charge in [0.1, 0.15) is 0 Å². The molecule has 2 N–H and O–H groups in total. The van der Waals surface area contributed by atoms with E-state index in [2.05, 4.69) is 20.8 Å². The van der Waals surface area contributed by atoms with Crippen LogP contribution in [0.2, 0.25) is 0 Å². The van der Waals surface area contributed by atoms with E-state index < -0.39 is 17.2 Å². The first kappa shape index (κ1) is 25.3. The summed E-state index contributed by atoms with van der Waals surface area (Å²) in [6, 6.07) is 7.30. The summed E-state index contributed by atoms with van der Waals surface area (Å²) in [4.78, 5) is 4.15. The molecule has 5 nitrogen and oxygen atoms in total. The highest BCUT2D eigenvalue weighted by atomic mass is 127. The molecular formula is C20H28F3IN4O. The smallest absolute Gasteiger partial charge is 0.359 e. The predicted molar refractivity (Wildman–Crippen MR) is 119 cm³/mol. The van der Waals surface area contributed by atoms with Crippen molar-refractivity contribution in [2.24, 2.45) is 4.99 Å². The Morgan fingerprint density at radius 3 is 2.34 bits per heavy atom. The van der Waals surface area contributed by atoms with Crippen LogP contribution in [0.3, 0.4) is 0 Å². The molecule has 0 spiro atoms. The van der Waals surface area contributed by atoms with Gasteiger partial charge in [-0.15, -0.1) is 24.0 Å². The maximum absolute atomic E-state index is 13.0. The van der Waals surface area contributed by atoms with Gasteiger partial charge in [0.05, 0.1) is 17.8 Å². The summed E-state index contributed by atoms with van der Waals surface area (Å²) in [6.45, 7) is 8.64. The van der Waals surface area contributed by atoms with E-state index in [9.17, 15) is 13.2 Å². The third kappa shape index (κ3) is 7.20. The Morgan fingerprint density at radius 1 is 1.14 bits per heavy atom. The summed E-state index contributed by atoms with van der Waals surface area (Å²) in [5.41, 5.74) is 0.301. The standard InChI is InChI=1S/C20H27F3N4O.HI/c1-13(2)17-10-16(28-27-17)11-25-18(24-5)26-12-19(3,4)14-7-6-8-15(9-14)20(21,22)23;/h6-10,13H,11-12H2,1-5H3,(H2,24,25,26);1H. The van der Waals surface area contributed by atoms with E-state index in [4.69, 9.17) is 4.52 Å². The van der Waals surface area contributed by atoms with E-state index in [1.807, 2.05) is 33.8 Å². The van der Waals surface area contributed by atoms with Gasteiger partial charge in [0.25, 0.3) is 0 Å². The summed E-state index contributed by atoms with van der Waals surface area (Å²) in [5, 5.41) is 10.3. The quantitative estimate of drug-likeness (QED) is 0.315. The van der Waals surface area contributed by atoms with Gasteiger partial charge >= 0.3 is 6.18 Å². The second kappa shape index (κ2) is 10.3. The first-order valence-electron chi connectivity index (χ1n) is 9.10. The van der Waals surface area contributed by atoms with E-state index in [0.29, 0.717) is 30.4 Å². The lowest BCUT2D eigenvalue weighted by atomic mass is 9.84. The number of nitrogens with zero attached hydrogens (tertiary/aromatic N) is 2. The van der Waals surface area contributed by atoms with Crippen molar-refractivity contribution >= 4 is 29.9 Å². The zero-order valence-corrected chi connectivity index (χ0v) is 19.6. The lowest BCUT2D eigenvalue weighted by molar-refractivity contribution is -0.137. The molecule has 2 aromatic rings. The molecule has 1 heterocycles. The fourth-order valence-electron chi connectivity index (χ4n) is 2.60. The van der Waals surface area contributed by atoms with Gasteiger partial charge in [-0.2, -0.15) is 13.2 Å². The Balaban J connectivity index is 0.00000420. The fourth-order valence-corrected chi connectivity index (χ4v) is 2.60. The molecule has 162 valence electrons. The zero-order valence-electron chi connectivity index (χ0n) is 17.2. The summed E-state index contributed by atoms with van der Waals surface area (Å²) >= 11 is 0. The minimum Gasteiger partial charge on any atom is -0.359 e. The van der Waals surface area contributed by atoms with Crippen LogP contribution in [-0.2, 0) is 18.1 Å². The van der Waals surface area contributed by atoms with Crippen LogP contribution in [0.5, 0.6) is 0 Å². The maximum Gasteiger partial charge on any atom is 0.416 e. The fraction of sp³-hybridized carbons (Fsp3) is 0.500. The number of hydrogen-bond acceptors (Lipinski definition) is 3. The molecule has 0 radical (unpaired) electrons. The number of alkyl halides is 3. The molecule has 9 heteroatoms. The lowest BCUT2D eigenvalue weighted by Crippen LogP contribution is -2.43. The molecular weight excluding hydrogens is 496 g/mol. The third-order valence-electron chi connectivity index (χ3n) is 4.49. The third-order valence-corrected chi connectivity index (χ3v) is 4.49. The van der Waals surface area contributed by atoms with Gasteiger partial charge < -0.3 is 15.2 Å². The number of rotatable bonds is 6. The zero-order chi connectivity index (χ0) is 20.9. The Hall–Kier alpha value is -1.78. The van der Waals surface area contributed by atoms with Crippen molar-refractivity contribution in [3.05, 3.63) is 52.9 Å². The van der Waals surface area contributed by atoms with Gasteiger partial charge in [0.15, 0.2) is 11.7 Å². The maximum atomic E-state index is 13.0. The summed E-state index contributed by atoms with van der Waals surface area (Å²) in [7, 11) is 1.63. The van der Waals surface area contributed by atoms with Crippen molar-refractivity contribution in [1.29, 1.82) is 0 Å². The SMILES string of the molecule is CN=C(NCc1cc(C(C)C)no1)NCC(C)(C)c1cccc(C(F)(F)F)c1.I. The van der Waals surface area contributed by atoms with Crippen LogP contribution in [0.25, 0.3) is 0 Å². The monoisotopic (exact) mass is 524 g/mol. The van der Waals surface area contributed by atoms with Crippen LogP contribution in [-0.4, -0.2) is 24.7 Å². The van der Waals surface area contributed by atoms with Crippen molar-refractivity contribution < 1.29 is 17.7 Å². The molecule has 0 fully saturated rings. The first-order chi connectivity index (χ1) is 13.0. The van der Waals surface area contributed by atoms with Crippen molar-refractivity contribution in [3.8, 4) is 0 Å². The minimum atomic E-state index is -4.36. The summed E-state index contributed by atoms with van der Waals surface area (Å²) in [6.07, 6.45) is -4.36. The highest BCUT2D eigenvalue weighted by Crippen LogP contribution is 2.32. The average molecular weight is 524 g/mol. The Labute approximate surface area is 186 Å². The average Bonchev–Trinajstić information content (AvgIpc) is 3.10. The molecule has 0 aliphatic rings. The van der Waals surface area contributed by atoms with Crippen LogP contribution in [0, 0.1) is 0 Å². The molecule has 0 saturated carbocycles. The van der Waals surface area contributed by atoms with Crippen LogP contribution < -0.4 is 10.6 Å². The van der Waals surface area contributed by atoms with E-state index in [-0.39, 0.29) is 29.9 Å². The number of aliphatic imine (C=N–C) groups is 1. The van der Waals surface area contributed by atoms with Crippen molar-refractivity contribution in [1.82, 2.24) is 15.8 Å². The highest BCUT2D eigenvalue weighted by Gasteiger charge is 2.32. The Morgan fingerprint density at radius 2 is 1.79 bits per heavy atom. The lowest BCUT2D eigenvalue weighted by Gasteiger charge is -2.27. The van der Waals surface area contributed by atoms with E-state index in [1.165, 1.54) is 12.1 Å². The molecule has 0 saturated heterocycles. The van der Waals surface area contributed by atoms with Crippen LogP contribution in [0.15, 0.2) is 39.8 Å². The number of halogens is 4. The predicted octanol–water partition coefficient (Wildman–Crippen LogP) is 5.08. The van der Waals surface area contributed by atoms with Crippen LogP contribution in [0.4, 0.5) is 13.2 Å². The molecule has 0 aliphatic heterocycles. The first-order valence-corrected chi connectivity index (χ1v) is 9.10. The van der Waals surface area contributed by atoms with Crippen LogP contribution in [0.1, 0.15) is 56.2 Å². The van der Waals surface area contributed by atoms with Crippen molar-refractivity contribution in [2.45, 2.75) is 51.7 Å². The molecule has 1 aromatic carbocycles.